The number of aryl methyl sites for hydroxylation is 1. The molecule has 2 aromatic heterocycles. The minimum absolute atomic E-state index is 0.0150. The van der Waals surface area contributed by atoms with Crippen LogP contribution in [0.1, 0.15) is 24.2 Å². The summed E-state index contributed by atoms with van der Waals surface area (Å²) in [4.78, 5) is 19.3. The molecule has 1 unspecified atom stereocenters. The molecule has 0 saturated carbocycles. The van der Waals surface area contributed by atoms with Crippen LogP contribution in [0.2, 0.25) is 0 Å². The number of nitrogens with one attached hydrogen (secondary N) is 1. The number of anilines is 1. The normalized spacial score (nSPS) is 17.7. The molecular weight excluding hydrogens is 340 g/mol. The lowest BCUT2D eigenvalue weighted by atomic mass is 9.96. The maximum Gasteiger partial charge on any atom is 0.228 e. The highest BCUT2D eigenvalue weighted by atomic mass is 16.3. The second-order valence-corrected chi connectivity index (χ2v) is 7.09. The second kappa shape index (κ2) is 7.80. The second-order valence-electron chi connectivity index (χ2n) is 7.09. The average Bonchev–Trinajstić information content (AvgIpc) is 3.34. The van der Waals surface area contributed by atoms with Crippen molar-refractivity contribution in [2.45, 2.75) is 26.3 Å². The number of carbonyl (C=O) groups excluding carboxylic acids is 1. The maximum atomic E-state index is 12.7. The lowest BCUT2D eigenvalue weighted by Crippen LogP contribution is -2.40. The molecule has 3 heterocycles. The number of benzene rings is 1. The fraction of sp³-hybridized carbons (Fsp3) is 0.333. The van der Waals surface area contributed by atoms with Gasteiger partial charge in [-0.3, -0.25) is 9.69 Å². The zero-order valence-electron chi connectivity index (χ0n) is 15.5. The number of nitrogens with zero attached hydrogens (tertiary/aromatic N) is 3. The summed E-state index contributed by atoms with van der Waals surface area (Å²) in [6, 6.07) is 9.86. The van der Waals surface area contributed by atoms with Gasteiger partial charge < -0.3 is 14.3 Å². The van der Waals surface area contributed by atoms with Crippen LogP contribution in [0.3, 0.4) is 0 Å². The Morgan fingerprint density at radius 1 is 1.30 bits per heavy atom. The van der Waals surface area contributed by atoms with Crippen LogP contribution in [0.5, 0.6) is 0 Å². The minimum Gasteiger partial charge on any atom is -0.472 e. The quantitative estimate of drug-likeness (QED) is 0.751. The number of imidazole rings is 1. The third-order valence-electron chi connectivity index (χ3n) is 5.10. The molecule has 27 heavy (non-hydrogen) atoms. The van der Waals surface area contributed by atoms with E-state index >= 15 is 0 Å². The van der Waals surface area contributed by atoms with Gasteiger partial charge in [-0.2, -0.15) is 0 Å². The van der Waals surface area contributed by atoms with Crippen LogP contribution < -0.4 is 5.32 Å². The molecule has 1 aliphatic rings. The summed E-state index contributed by atoms with van der Waals surface area (Å²) >= 11 is 0. The molecule has 3 aromatic rings. The van der Waals surface area contributed by atoms with Gasteiger partial charge in [0.2, 0.25) is 5.91 Å². The van der Waals surface area contributed by atoms with Crippen molar-refractivity contribution in [2.24, 2.45) is 5.92 Å². The topological polar surface area (TPSA) is 63.3 Å². The highest BCUT2D eigenvalue weighted by molar-refractivity contribution is 5.92. The number of amides is 1. The van der Waals surface area contributed by atoms with E-state index < -0.39 is 0 Å². The minimum atomic E-state index is 0.0150. The number of aromatic nitrogens is 2. The first kappa shape index (κ1) is 17.5. The lowest BCUT2D eigenvalue weighted by molar-refractivity contribution is -0.121. The summed E-state index contributed by atoms with van der Waals surface area (Å²) in [6.07, 6.45) is 9.14. The molecule has 140 valence electrons. The first-order chi connectivity index (χ1) is 13.2. The van der Waals surface area contributed by atoms with Gasteiger partial charge in [0, 0.05) is 42.4 Å². The van der Waals surface area contributed by atoms with E-state index in [0.29, 0.717) is 0 Å². The van der Waals surface area contributed by atoms with Gasteiger partial charge in [-0.05, 0) is 56.6 Å². The van der Waals surface area contributed by atoms with Gasteiger partial charge in [-0.25, -0.2) is 4.98 Å². The molecule has 1 fully saturated rings. The third kappa shape index (κ3) is 4.11. The smallest absolute Gasteiger partial charge is 0.228 e. The zero-order valence-corrected chi connectivity index (χ0v) is 15.5. The van der Waals surface area contributed by atoms with Gasteiger partial charge in [0.25, 0.3) is 0 Å². The standard InChI is InChI=1S/C21H24N4O2/c1-16-22-9-11-25(16)20-6-4-19(5-7-20)23-21(26)18-3-2-10-24(14-18)13-17-8-12-27-15-17/h4-9,11-12,15,18H,2-3,10,13-14H2,1H3,(H,23,26). The van der Waals surface area contributed by atoms with Crippen LogP contribution in [-0.4, -0.2) is 33.4 Å². The van der Waals surface area contributed by atoms with Gasteiger partial charge in [0.15, 0.2) is 0 Å². The van der Waals surface area contributed by atoms with Gasteiger partial charge in [-0.1, -0.05) is 0 Å². The predicted molar refractivity (Wildman–Crippen MR) is 104 cm³/mol. The summed E-state index contributed by atoms with van der Waals surface area (Å²) in [5.74, 6) is 1.05. The Morgan fingerprint density at radius 2 is 2.15 bits per heavy atom. The van der Waals surface area contributed by atoms with E-state index in [1.54, 1.807) is 18.7 Å². The first-order valence-corrected chi connectivity index (χ1v) is 9.34. The summed E-state index contributed by atoms with van der Waals surface area (Å²) in [6.45, 7) is 4.60. The number of likely N-dealkylation sites (tertiary alicyclic amines) is 1. The Kier molecular flexibility index (Phi) is 5.07. The van der Waals surface area contributed by atoms with Crippen LogP contribution in [0.15, 0.2) is 59.7 Å². The Balaban J connectivity index is 1.36. The van der Waals surface area contributed by atoms with E-state index in [1.807, 2.05) is 48.0 Å². The van der Waals surface area contributed by atoms with Crippen molar-refractivity contribution in [3.05, 3.63) is 66.6 Å². The zero-order chi connectivity index (χ0) is 18.6. The van der Waals surface area contributed by atoms with Gasteiger partial charge >= 0.3 is 0 Å². The molecule has 6 nitrogen and oxygen atoms in total. The number of hydrogen-bond donors (Lipinski definition) is 1. The third-order valence-corrected chi connectivity index (χ3v) is 5.10. The Morgan fingerprint density at radius 3 is 2.85 bits per heavy atom. The van der Waals surface area contributed by atoms with Crippen molar-refractivity contribution in [2.75, 3.05) is 18.4 Å². The average molecular weight is 364 g/mol. The molecule has 0 spiro atoms. The molecule has 6 heteroatoms. The van der Waals surface area contributed by atoms with E-state index in [-0.39, 0.29) is 11.8 Å². The van der Waals surface area contributed by atoms with E-state index in [4.69, 9.17) is 4.42 Å². The monoisotopic (exact) mass is 364 g/mol. The fourth-order valence-electron chi connectivity index (χ4n) is 3.65. The van der Waals surface area contributed by atoms with Crippen LogP contribution in [0, 0.1) is 12.8 Å². The van der Waals surface area contributed by atoms with Crippen molar-refractivity contribution in [1.29, 1.82) is 0 Å². The van der Waals surface area contributed by atoms with Gasteiger partial charge in [0.1, 0.15) is 5.82 Å². The molecule has 0 radical (unpaired) electrons. The molecule has 1 aromatic carbocycles. The first-order valence-electron chi connectivity index (χ1n) is 9.34. The van der Waals surface area contributed by atoms with Crippen LogP contribution in [0.4, 0.5) is 5.69 Å². The fourth-order valence-corrected chi connectivity index (χ4v) is 3.65. The summed E-state index contributed by atoms with van der Waals surface area (Å²) in [5, 5.41) is 3.07. The van der Waals surface area contributed by atoms with Crippen molar-refractivity contribution < 1.29 is 9.21 Å². The van der Waals surface area contributed by atoms with Crippen molar-refractivity contribution in [3.8, 4) is 5.69 Å². The molecule has 1 saturated heterocycles. The number of piperidine rings is 1. The SMILES string of the molecule is Cc1nccn1-c1ccc(NC(=O)C2CCCN(Cc3ccoc3)C2)cc1. The Bertz CT molecular complexity index is 883. The Hall–Kier alpha value is -2.86. The number of rotatable bonds is 5. The molecule has 1 amide bonds. The molecule has 4 rings (SSSR count). The molecule has 1 aliphatic heterocycles. The molecule has 1 N–H and O–H groups in total. The van der Waals surface area contributed by atoms with E-state index in [9.17, 15) is 4.79 Å². The van der Waals surface area contributed by atoms with Gasteiger partial charge in [-0.15, -0.1) is 0 Å². The van der Waals surface area contributed by atoms with Crippen molar-refractivity contribution in [1.82, 2.24) is 14.5 Å². The number of furan rings is 1. The molecular formula is C21H24N4O2. The summed E-state index contributed by atoms with van der Waals surface area (Å²) in [7, 11) is 0. The summed E-state index contributed by atoms with van der Waals surface area (Å²) in [5.41, 5.74) is 3.02. The van der Waals surface area contributed by atoms with Crippen LogP contribution >= 0.6 is 0 Å². The van der Waals surface area contributed by atoms with E-state index in [2.05, 4.69) is 15.2 Å². The van der Waals surface area contributed by atoms with E-state index in [0.717, 1.165) is 55.2 Å². The number of carbonyl (C=O) groups is 1. The van der Waals surface area contributed by atoms with Crippen molar-refractivity contribution in [3.63, 3.8) is 0 Å². The van der Waals surface area contributed by atoms with Gasteiger partial charge in [0.05, 0.1) is 18.4 Å². The largest absolute Gasteiger partial charge is 0.472 e. The predicted octanol–water partition coefficient (Wildman–Crippen LogP) is 3.62. The maximum absolute atomic E-state index is 12.7. The van der Waals surface area contributed by atoms with Crippen LogP contribution in [0.25, 0.3) is 5.69 Å². The summed E-state index contributed by atoms with van der Waals surface area (Å²) < 4.78 is 7.16. The van der Waals surface area contributed by atoms with E-state index in [1.165, 1.54) is 0 Å². The molecule has 0 aliphatic carbocycles. The highest BCUT2D eigenvalue weighted by Gasteiger charge is 2.26. The number of hydrogen-bond acceptors (Lipinski definition) is 4. The van der Waals surface area contributed by atoms with Crippen molar-refractivity contribution >= 4 is 11.6 Å². The highest BCUT2D eigenvalue weighted by Crippen LogP contribution is 2.21. The molecule has 0 bridgehead atoms. The lowest BCUT2D eigenvalue weighted by Gasteiger charge is -2.31. The Labute approximate surface area is 158 Å². The molecule has 1 atom stereocenters. The van der Waals surface area contributed by atoms with Crippen LogP contribution in [-0.2, 0) is 11.3 Å².